The number of ether oxygens (including phenoxy) is 2. The van der Waals surface area contributed by atoms with Crippen molar-refractivity contribution in [2.75, 3.05) is 7.11 Å². The van der Waals surface area contributed by atoms with Gasteiger partial charge in [0.25, 0.3) is 5.88 Å². The number of halogens is 4. The normalized spacial score (nSPS) is 11.1. The fourth-order valence-corrected chi connectivity index (χ4v) is 1.44. The van der Waals surface area contributed by atoms with Crippen LogP contribution in [0.1, 0.15) is 10.4 Å². The summed E-state index contributed by atoms with van der Waals surface area (Å²) >= 11 is 2.92. The molecule has 0 aliphatic carbocycles. The van der Waals surface area contributed by atoms with Crippen molar-refractivity contribution in [1.82, 2.24) is 4.98 Å². The molecular formula is C8H5BrF3NO3. The number of methoxy groups -OCH3 is 1. The molecule has 0 aliphatic heterocycles. The molecule has 0 fully saturated rings. The third-order valence-electron chi connectivity index (χ3n) is 1.51. The van der Waals surface area contributed by atoms with Crippen molar-refractivity contribution in [2.24, 2.45) is 0 Å². The SMILES string of the molecule is COc1c(OC(F)(F)F)ncc(C=O)c1Br. The molecule has 0 unspecified atom stereocenters. The van der Waals surface area contributed by atoms with Gasteiger partial charge < -0.3 is 9.47 Å². The monoisotopic (exact) mass is 299 g/mol. The van der Waals surface area contributed by atoms with Crippen LogP contribution in [0.4, 0.5) is 13.2 Å². The first-order chi connectivity index (χ1) is 7.39. The summed E-state index contributed by atoms with van der Waals surface area (Å²) in [5.74, 6) is -1.05. The van der Waals surface area contributed by atoms with Crippen molar-refractivity contribution in [3.8, 4) is 11.6 Å². The second-order valence-electron chi connectivity index (χ2n) is 2.53. The Morgan fingerprint density at radius 1 is 1.50 bits per heavy atom. The molecule has 1 aromatic heterocycles. The molecule has 1 aromatic rings. The summed E-state index contributed by atoms with van der Waals surface area (Å²) in [4.78, 5) is 13.8. The Kier molecular flexibility index (Phi) is 3.74. The standard InChI is InChI=1S/C8H5BrF3NO3/c1-15-6-5(9)4(3-14)2-13-7(6)16-8(10,11)12/h2-3H,1H3. The molecule has 0 aromatic carbocycles. The summed E-state index contributed by atoms with van der Waals surface area (Å²) in [6, 6.07) is 0. The van der Waals surface area contributed by atoms with Crippen molar-refractivity contribution < 1.29 is 27.4 Å². The van der Waals surface area contributed by atoms with E-state index in [9.17, 15) is 18.0 Å². The second-order valence-corrected chi connectivity index (χ2v) is 3.32. The van der Waals surface area contributed by atoms with Crippen LogP contribution >= 0.6 is 15.9 Å². The minimum absolute atomic E-state index is 0.0549. The van der Waals surface area contributed by atoms with E-state index in [2.05, 4.69) is 30.4 Å². The molecule has 4 nitrogen and oxygen atoms in total. The molecule has 0 bridgehead atoms. The van der Waals surface area contributed by atoms with Crippen LogP contribution in [-0.2, 0) is 0 Å². The summed E-state index contributed by atoms with van der Waals surface area (Å²) in [5, 5.41) is 0. The van der Waals surface area contributed by atoms with Crippen LogP contribution in [-0.4, -0.2) is 24.7 Å². The summed E-state index contributed by atoms with van der Waals surface area (Å²) in [6.07, 6.45) is -3.50. The lowest BCUT2D eigenvalue weighted by atomic mass is 10.3. The van der Waals surface area contributed by atoms with Crippen LogP contribution in [0.5, 0.6) is 11.6 Å². The lowest BCUT2D eigenvalue weighted by Crippen LogP contribution is -2.18. The third-order valence-corrected chi connectivity index (χ3v) is 2.33. The minimum Gasteiger partial charge on any atom is -0.490 e. The highest BCUT2D eigenvalue weighted by Crippen LogP contribution is 2.37. The van der Waals surface area contributed by atoms with Gasteiger partial charge in [0.15, 0.2) is 12.0 Å². The number of aldehydes is 1. The van der Waals surface area contributed by atoms with Gasteiger partial charge in [0.1, 0.15) is 0 Å². The zero-order chi connectivity index (χ0) is 12.3. The van der Waals surface area contributed by atoms with Gasteiger partial charge in [-0.2, -0.15) is 0 Å². The van der Waals surface area contributed by atoms with E-state index in [0.29, 0.717) is 6.29 Å². The first-order valence-corrected chi connectivity index (χ1v) is 4.61. The van der Waals surface area contributed by atoms with Gasteiger partial charge in [-0.1, -0.05) is 0 Å². The Bertz CT molecular complexity index is 408. The summed E-state index contributed by atoms with van der Waals surface area (Å²) < 4.78 is 44.3. The Morgan fingerprint density at radius 2 is 2.12 bits per heavy atom. The number of rotatable bonds is 3. The smallest absolute Gasteiger partial charge is 0.490 e. The van der Waals surface area contributed by atoms with E-state index in [-0.39, 0.29) is 15.8 Å². The molecule has 0 atom stereocenters. The fourth-order valence-electron chi connectivity index (χ4n) is 0.910. The third kappa shape index (κ3) is 2.84. The van der Waals surface area contributed by atoms with Crippen LogP contribution in [0.3, 0.4) is 0 Å². The van der Waals surface area contributed by atoms with Gasteiger partial charge in [0.05, 0.1) is 17.1 Å². The van der Waals surface area contributed by atoms with Gasteiger partial charge in [-0.15, -0.1) is 13.2 Å². The summed E-state index contributed by atoms with van der Waals surface area (Å²) in [5.41, 5.74) is 0.0615. The van der Waals surface area contributed by atoms with Gasteiger partial charge >= 0.3 is 6.36 Å². The maximum Gasteiger partial charge on any atom is 0.574 e. The van der Waals surface area contributed by atoms with Crippen LogP contribution in [0, 0.1) is 0 Å². The van der Waals surface area contributed by atoms with E-state index in [1.807, 2.05) is 0 Å². The van der Waals surface area contributed by atoms with Gasteiger partial charge in [-0.05, 0) is 15.9 Å². The highest BCUT2D eigenvalue weighted by Gasteiger charge is 2.34. The van der Waals surface area contributed by atoms with Crippen molar-refractivity contribution >= 4 is 22.2 Å². The number of aromatic nitrogens is 1. The number of pyridine rings is 1. The molecule has 1 heterocycles. The summed E-state index contributed by atoms with van der Waals surface area (Å²) in [7, 11) is 1.14. The lowest BCUT2D eigenvalue weighted by molar-refractivity contribution is -0.276. The van der Waals surface area contributed by atoms with Crippen LogP contribution in [0.25, 0.3) is 0 Å². The van der Waals surface area contributed by atoms with Crippen molar-refractivity contribution in [3.63, 3.8) is 0 Å². The fraction of sp³-hybridized carbons (Fsp3) is 0.250. The minimum atomic E-state index is -4.87. The lowest BCUT2D eigenvalue weighted by Gasteiger charge is -2.12. The Labute approximate surface area is 96.5 Å². The molecule has 0 amide bonds. The highest BCUT2D eigenvalue weighted by molar-refractivity contribution is 9.10. The molecular weight excluding hydrogens is 295 g/mol. The molecule has 0 radical (unpaired) electrons. The number of carbonyl (C=O) groups is 1. The van der Waals surface area contributed by atoms with Crippen molar-refractivity contribution in [1.29, 1.82) is 0 Å². The largest absolute Gasteiger partial charge is 0.574 e. The highest BCUT2D eigenvalue weighted by atomic mass is 79.9. The topological polar surface area (TPSA) is 48.4 Å². The van der Waals surface area contributed by atoms with Gasteiger partial charge in [0.2, 0.25) is 0 Å². The van der Waals surface area contributed by atoms with Crippen LogP contribution < -0.4 is 9.47 Å². The number of nitrogens with zero attached hydrogens (tertiary/aromatic N) is 1. The zero-order valence-corrected chi connectivity index (χ0v) is 9.42. The zero-order valence-electron chi connectivity index (χ0n) is 7.84. The average molecular weight is 300 g/mol. The molecule has 0 aliphatic rings. The number of alkyl halides is 3. The Morgan fingerprint density at radius 3 is 2.56 bits per heavy atom. The quantitative estimate of drug-likeness (QED) is 0.805. The maximum absolute atomic E-state index is 12.0. The van der Waals surface area contributed by atoms with E-state index in [1.54, 1.807) is 0 Å². The van der Waals surface area contributed by atoms with Gasteiger partial charge in [-0.3, -0.25) is 4.79 Å². The second kappa shape index (κ2) is 4.69. The summed E-state index contributed by atoms with van der Waals surface area (Å²) in [6.45, 7) is 0. The molecule has 8 heteroatoms. The molecule has 0 N–H and O–H groups in total. The van der Waals surface area contributed by atoms with E-state index in [0.717, 1.165) is 13.3 Å². The predicted octanol–water partition coefficient (Wildman–Crippen LogP) is 2.56. The first-order valence-electron chi connectivity index (χ1n) is 3.82. The van der Waals surface area contributed by atoms with Gasteiger partial charge in [0, 0.05) is 6.20 Å². The van der Waals surface area contributed by atoms with Crippen LogP contribution in [0.2, 0.25) is 0 Å². The Balaban J connectivity index is 3.21. The van der Waals surface area contributed by atoms with E-state index in [1.165, 1.54) is 0 Å². The predicted molar refractivity (Wildman–Crippen MR) is 50.6 cm³/mol. The average Bonchev–Trinajstić information content (AvgIpc) is 2.16. The van der Waals surface area contributed by atoms with Crippen molar-refractivity contribution in [3.05, 3.63) is 16.2 Å². The number of hydrogen-bond acceptors (Lipinski definition) is 4. The number of carbonyl (C=O) groups excluding carboxylic acids is 1. The first kappa shape index (κ1) is 12.8. The number of hydrogen-bond donors (Lipinski definition) is 0. The van der Waals surface area contributed by atoms with E-state index >= 15 is 0 Å². The molecule has 16 heavy (non-hydrogen) atoms. The molecule has 1 rings (SSSR count). The molecule has 0 spiro atoms. The molecule has 0 saturated heterocycles. The van der Waals surface area contributed by atoms with Crippen LogP contribution in [0.15, 0.2) is 10.7 Å². The maximum atomic E-state index is 12.0. The van der Waals surface area contributed by atoms with E-state index < -0.39 is 12.2 Å². The molecule has 88 valence electrons. The molecule has 0 saturated carbocycles. The Hall–Kier alpha value is -1.31. The van der Waals surface area contributed by atoms with E-state index in [4.69, 9.17) is 0 Å². The van der Waals surface area contributed by atoms with Crippen molar-refractivity contribution in [2.45, 2.75) is 6.36 Å². The van der Waals surface area contributed by atoms with Gasteiger partial charge in [-0.25, -0.2) is 4.98 Å².